The number of fused-ring (bicyclic) bond motifs is 1. The minimum absolute atomic E-state index is 0.0231. The van der Waals surface area contributed by atoms with Crippen molar-refractivity contribution in [1.82, 2.24) is 19.2 Å². The van der Waals surface area contributed by atoms with Gasteiger partial charge in [-0.25, -0.2) is 4.98 Å². The zero-order valence-corrected chi connectivity index (χ0v) is 13.8. The highest BCUT2D eigenvalue weighted by Crippen LogP contribution is 2.28. The lowest BCUT2D eigenvalue weighted by atomic mass is 9.84. The molecule has 2 aromatic heterocycles. The molecule has 122 valence electrons. The molecule has 1 aliphatic carbocycles. The summed E-state index contributed by atoms with van der Waals surface area (Å²) in [6.07, 6.45) is 5.08. The molecule has 0 radical (unpaired) electrons. The first-order valence-corrected chi connectivity index (χ1v) is 9.05. The number of hydrogen-bond acceptors (Lipinski definition) is 5. The Morgan fingerprint density at radius 3 is 2.74 bits per heavy atom. The maximum atomic E-state index is 12.3. The first-order chi connectivity index (χ1) is 11.2. The van der Waals surface area contributed by atoms with Gasteiger partial charge in [0.1, 0.15) is 0 Å². The molecule has 2 aromatic rings. The highest BCUT2D eigenvalue weighted by Gasteiger charge is 2.31. The quantitative estimate of drug-likeness (QED) is 0.847. The molecule has 3 heterocycles. The number of thiazole rings is 1. The summed E-state index contributed by atoms with van der Waals surface area (Å²) in [6, 6.07) is 1.62. The van der Waals surface area contributed by atoms with Gasteiger partial charge in [-0.2, -0.15) is 0 Å². The lowest BCUT2D eigenvalue weighted by Crippen LogP contribution is -2.50. The predicted molar refractivity (Wildman–Crippen MR) is 88.5 cm³/mol. The fraction of sp³-hybridized carbons (Fsp3) is 0.562. The van der Waals surface area contributed by atoms with E-state index in [9.17, 15) is 9.59 Å². The summed E-state index contributed by atoms with van der Waals surface area (Å²) in [5.41, 5.74) is 0.793. The molecular weight excluding hydrogens is 312 g/mol. The second-order valence-electron chi connectivity index (χ2n) is 6.37. The molecule has 7 heteroatoms. The van der Waals surface area contributed by atoms with Crippen LogP contribution in [0.5, 0.6) is 0 Å². The summed E-state index contributed by atoms with van der Waals surface area (Å²) < 4.78 is 1.57. The maximum Gasteiger partial charge on any atom is 0.258 e. The first-order valence-electron chi connectivity index (χ1n) is 8.17. The topological polar surface area (TPSA) is 57.9 Å². The number of carbonyl (C=O) groups excluding carboxylic acids is 1. The van der Waals surface area contributed by atoms with Gasteiger partial charge in [0.25, 0.3) is 5.56 Å². The number of hydrogen-bond donors (Lipinski definition) is 0. The molecular formula is C16H20N4O2S. The van der Waals surface area contributed by atoms with Crippen LogP contribution in [0.2, 0.25) is 0 Å². The average molecular weight is 332 g/mol. The molecule has 2 fully saturated rings. The van der Waals surface area contributed by atoms with E-state index >= 15 is 0 Å². The van der Waals surface area contributed by atoms with Crippen LogP contribution in [0.4, 0.5) is 0 Å². The molecule has 4 rings (SSSR count). The van der Waals surface area contributed by atoms with Gasteiger partial charge in [-0.3, -0.25) is 18.9 Å². The highest BCUT2D eigenvalue weighted by molar-refractivity contribution is 7.15. The molecule has 0 atom stereocenters. The number of nitrogens with zero attached hydrogens (tertiary/aromatic N) is 4. The molecule has 2 aliphatic rings. The predicted octanol–water partition coefficient (Wildman–Crippen LogP) is 1.20. The maximum absolute atomic E-state index is 12.3. The first kappa shape index (κ1) is 14.8. The van der Waals surface area contributed by atoms with Crippen LogP contribution in [0, 0.1) is 5.92 Å². The van der Waals surface area contributed by atoms with Gasteiger partial charge in [0.05, 0.1) is 5.69 Å². The van der Waals surface area contributed by atoms with Gasteiger partial charge in [-0.05, 0) is 12.8 Å². The molecule has 0 bridgehead atoms. The van der Waals surface area contributed by atoms with Gasteiger partial charge >= 0.3 is 0 Å². The van der Waals surface area contributed by atoms with Crippen LogP contribution in [0.3, 0.4) is 0 Å². The van der Waals surface area contributed by atoms with Crippen LogP contribution >= 0.6 is 11.3 Å². The molecule has 6 nitrogen and oxygen atoms in total. The third kappa shape index (κ3) is 2.90. The lowest BCUT2D eigenvalue weighted by molar-refractivity contribution is -0.140. The Balaban J connectivity index is 1.38. The van der Waals surface area contributed by atoms with Crippen LogP contribution in [0.15, 0.2) is 22.4 Å². The van der Waals surface area contributed by atoms with Crippen molar-refractivity contribution in [3.8, 4) is 0 Å². The largest absolute Gasteiger partial charge is 0.340 e. The third-order valence-electron chi connectivity index (χ3n) is 4.88. The summed E-state index contributed by atoms with van der Waals surface area (Å²) >= 11 is 1.47. The summed E-state index contributed by atoms with van der Waals surface area (Å²) in [5, 5.41) is 1.87. The Kier molecular flexibility index (Phi) is 3.90. The number of piperazine rings is 1. The van der Waals surface area contributed by atoms with E-state index in [1.165, 1.54) is 17.8 Å². The zero-order valence-electron chi connectivity index (χ0n) is 13.0. The standard InChI is InChI=1S/C16H20N4O2S/c21-14-10-13(17-16-20(14)8-9-23-16)11-18-4-6-19(7-5-18)15(22)12-2-1-3-12/h8-10,12H,1-7,11H2. The second kappa shape index (κ2) is 6.05. The van der Waals surface area contributed by atoms with Crippen molar-refractivity contribution in [3.05, 3.63) is 33.7 Å². The van der Waals surface area contributed by atoms with E-state index in [4.69, 9.17) is 0 Å². The summed E-state index contributed by atoms with van der Waals surface area (Å²) in [4.78, 5) is 33.9. The monoisotopic (exact) mass is 332 g/mol. The van der Waals surface area contributed by atoms with Crippen molar-refractivity contribution in [2.45, 2.75) is 25.8 Å². The Labute approximate surface area is 138 Å². The number of aromatic nitrogens is 2. The Morgan fingerprint density at radius 1 is 1.26 bits per heavy atom. The molecule has 0 aromatic carbocycles. The van der Waals surface area contributed by atoms with Crippen molar-refractivity contribution in [1.29, 1.82) is 0 Å². The van der Waals surface area contributed by atoms with Crippen molar-refractivity contribution in [2.75, 3.05) is 26.2 Å². The van der Waals surface area contributed by atoms with E-state index in [0.717, 1.165) is 49.7 Å². The third-order valence-corrected chi connectivity index (χ3v) is 5.64. The average Bonchev–Trinajstić information content (AvgIpc) is 2.95. The molecule has 1 aliphatic heterocycles. The van der Waals surface area contributed by atoms with Crippen LogP contribution in [-0.2, 0) is 11.3 Å². The van der Waals surface area contributed by atoms with Crippen LogP contribution < -0.4 is 5.56 Å². The Morgan fingerprint density at radius 2 is 2.04 bits per heavy atom. The van der Waals surface area contributed by atoms with Gasteiger partial charge in [0.15, 0.2) is 4.96 Å². The van der Waals surface area contributed by atoms with Crippen molar-refractivity contribution >= 4 is 22.2 Å². The summed E-state index contributed by atoms with van der Waals surface area (Å²) in [7, 11) is 0. The lowest BCUT2D eigenvalue weighted by Gasteiger charge is -2.38. The van der Waals surface area contributed by atoms with Crippen LogP contribution in [-0.4, -0.2) is 51.3 Å². The van der Waals surface area contributed by atoms with Crippen molar-refractivity contribution in [3.63, 3.8) is 0 Å². The van der Waals surface area contributed by atoms with Gasteiger partial charge in [0.2, 0.25) is 5.91 Å². The molecule has 1 saturated heterocycles. The van der Waals surface area contributed by atoms with E-state index < -0.39 is 0 Å². The molecule has 0 unspecified atom stereocenters. The van der Waals surface area contributed by atoms with Gasteiger partial charge in [-0.15, -0.1) is 11.3 Å². The number of carbonyl (C=O) groups is 1. The van der Waals surface area contributed by atoms with E-state index in [1.54, 1.807) is 16.7 Å². The minimum Gasteiger partial charge on any atom is -0.340 e. The van der Waals surface area contributed by atoms with Gasteiger partial charge in [0, 0.05) is 56.3 Å². The van der Waals surface area contributed by atoms with Crippen LogP contribution in [0.25, 0.3) is 4.96 Å². The van der Waals surface area contributed by atoms with Gasteiger partial charge < -0.3 is 4.90 Å². The van der Waals surface area contributed by atoms with E-state index in [0.29, 0.717) is 12.5 Å². The summed E-state index contributed by atoms with van der Waals surface area (Å²) in [5.74, 6) is 0.622. The van der Waals surface area contributed by atoms with Gasteiger partial charge in [-0.1, -0.05) is 6.42 Å². The SMILES string of the molecule is O=C(C1CCC1)N1CCN(Cc2cc(=O)n3ccsc3n2)CC1. The number of rotatable bonds is 3. The van der Waals surface area contributed by atoms with E-state index in [2.05, 4.69) is 9.88 Å². The van der Waals surface area contributed by atoms with E-state index in [1.807, 2.05) is 10.3 Å². The minimum atomic E-state index is -0.0231. The van der Waals surface area contributed by atoms with Crippen molar-refractivity contribution in [2.24, 2.45) is 5.92 Å². The van der Waals surface area contributed by atoms with E-state index in [-0.39, 0.29) is 11.5 Å². The molecule has 1 amide bonds. The molecule has 0 N–H and O–H groups in total. The van der Waals surface area contributed by atoms with Crippen LogP contribution in [0.1, 0.15) is 25.0 Å². The molecule has 0 spiro atoms. The summed E-state index contributed by atoms with van der Waals surface area (Å²) in [6.45, 7) is 3.95. The Bertz CT molecular complexity index is 772. The number of amides is 1. The fourth-order valence-electron chi connectivity index (χ4n) is 3.24. The Hall–Kier alpha value is -1.73. The normalized spacial score (nSPS) is 19.9. The van der Waals surface area contributed by atoms with Crippen molar-refractivity contribution < 1.29 is 4.79 Å². The molecule has 23 heavy (non-hydrogen) atoms. The molecule has 1 saturated carbocycles. The zero-order chi connectivity index (χ0) is 15.8. The smallest absolute Gasteiger partial charge is 0.258 e. The highest BCUT2D eigenvalue weighted by atomic mass is 32.1. The second-order valence-corrected chi connectivity index (χ2v) is 7.24. The fourth-order valence-corrected chi connectivity index (χ4v) is 3.98.